The Morgan fingerprint density at radius 2 is 1.86 bits per heavy atom. The van der Waals surface area contributed by atoms with E-state index in [9.17, 15) is 14.9 Å². The minimum Gasteiger partial charge on any atom is -0.487 e. The van der Waals surface area contributed by atoms with Gasteiger partial charge in [0.1, 0.15) is 18.9 Å². The monoisotopic (exact) mass is 509 g/mol. The molecule has 3 N–H and O–H groups in total. The van der Waals surface area contributed by atoms with Gasteiger partial charge in [0, 0.05) is 17.8 Å². The first-order chi connectivity index (χ1) is 13.3. The summed E-state index contributed by atoms with van der Waals surface area (Å²) in [5.41, 5.74) is 2.47. The number of rotatable bonds is 8. The molecule has 0 atom stereocenters. The highest BCUT2D eigenvalue weighted by Gasteiger charge is 2.15. The number of hydrogen-bond acceptors (Lipinski definition) is 5. The lowest BCUT2D eigenvalue weighted by Gasteiger charge is -2.13. The molecule has 1 amide bonds. The van der Waals surface area contributed by atoms with E-state index in [0.717, 1.165) is 17.8 Å². The maximum Gasteiger partial charge on any atom is 0.322 e. The number of aliphatic carboxylic acids is 1. The number of carboxylic acids is 1. The Kier molecular flexibility index (Phi) is 7.84. The van der Waals surface area contributed by atoms with Crippen molar-refractivity contribution in [3.8, 4) is 11.8 Å². The molecule has 0 aromatic heterocycles. The fourth-order valence-corrected chi connectivity index (χ4v) is 3.80. The predicted molar refractivity (Wildman–Crippen MR) is 111 cm³/mol. The number of carbonyl (C=O) groups is 2. The standard InChI is InChI=1S/C19H17Br2N3O4/c1-2-23-14-4-11(8-22)3-12(5-14)10-28-18-15(20)6-13(7-16(18)21)19(27)24-9-17(25)26/h3-7,23H,2,9-10H2,1H3,(H,24,27)(H,25,26). The van der Waals surface area contributed by atoms with E-state index < -0.39 is 18.4 Å². The summed E-state index contributed by atoms with van der Waals surface area (Å²) < 4.78 is 6.93. The molecule has 0 spiro atoms. The molecule has 0 unspecified atom stereocenters. The van der Waals surface area contributed by atoms with Gasteiger partial charge < -0.3 is 20.5 Å². The number of nitrogens with one attached hydrogen (secondary N) is 2. The molecule has 146 valence electrons. The van der Waals surface area contributed by atoms with Crippen molar-refractivity contribution in [3.63, 3.8) is 0 Å². The van der Waals surface area contributed by atoms with Crippen LogP contribution >= 0.6 is 31.9 Å². The van der Waals surface area contributed by atoms with Crippen molar-refractivity contribution in [2.45, 2.75) is 13.5 Å². The zero-order valence-corrected chi connectivity index (χ0v) is 18.1. The fourth-order valence-electron chi connectivity index (χ4n) is 2.39. The van der Waals surface area contributed by atoms with Gasteiger partial charge in [-0.2, -0.15) is 5.26 Å². The maximum atomic E-state index is 12.0. The second-order valence-corrected chi connectivity index (χ2v) is 7.40. The molecule has 0 aliphatic heterocycles. The lowest BCUT2D eigenvalue weighted by atomic mass is 10.1. The minimum absolute atomic E-state index is 0.218. The maximum absolute atomic E-state index is 12.0. The van der Waals surface area contributed by atoms with Crippen LogP contribution in [-0.4, -0.2) is 30.1 Å². The number of amides is 1. The van der Waals surface area contributed by atoms with Crippen molar-refractivity contribution >= 4 is 49.4 Å². The van der Waals surface area contributed by atoms with Gasteiger partial charge in [-0.05, 0) is 74.7 Å². The van der Waals surface area contributed by atoms with Gasteiger partial charge in [0.25, 0.3) is 5.91 Å². The second-order valence-electron chi connectivity index (χ2n) is 5.69. The molecule has 28 heavy (non-hydrogen) atoms. The number of nitriles is 1. The fraction of sp³-hybridized carbons (Fsp3) is 0.211. The summed E-state index contributed by atoms with van der Waals surface area (Å²) in [6.45, 7) is 2.46. The van der Waals surface area contributed by atoms with Crippen LogP contribution in [0.1, 0.15) is 28.4 Å². The van der Waals surface area contributed by atoms with Crippen LogP contribution in [-0.2, 0) is 11.4 Å². The number of anilines is 1. The number of carboxylic acid groups (broad SMARTS) is 1. The van der Waals surface area contributed by atoms with Crippen LogP contribution in [0.3, 0.4) is 0 Å². The number of nitrogens with zero attached hydrogens (tertiary/aromatic N) is 1. The normalized spacial score (nSPS) is 10.1. The number of hydrogen-bond donors (Lipinski definition) is 3. The predicted octanol–water partition coefficient (Wildman–Crippen LogP) is 3.91. The van der Waals surface area contributed by atoms with Crippen LogP contribution in [0.4, 0.5) is 5.69 Å². The molecule has 0 saturated carbocycles. The number of benzene rings is 2. The number of carbonyl (C=O) groups excluding carboxylic acids is 1. The van der Waals surface area contributed by atoms with Crippen LogP contribution in [0.2, 0.25) is 0 Å². The van der Waals surface area contributed by atoms with Crippen molar-refractivity contribution in [2.24, 2.45) is 0 Å². The summed E-state index contributed by atoms with van der Waals surface area (Å²) in [5.74, 6) is -1.14. The van der Waals surface area contributed by atoms with E-state index >= 15 is 0 Å². The summed E-state index contributed by atoms with van der Waals surface area (Å²) >= 11 is 6.74. The van der Waals surface area contributed by atoms with E-state index in [1.165, 1.54) is 0 Å². The molecule has 0 fully saturated rings. The molecule has 0 saturated heterocycles. The topological polar surface area (TPSA) is 111 Å². The summed E-state index contributed by atoms with van der Waals surface area (Å²) in [5, 5.41) is 23.3. The third kappa shape index (κ3) is 5.97. The van der Waals surface area contributed by atoms with Crippen molar-refractivity contribution in [2.75, 3.05) is 18.4 Å². The quantitative estimate of drug-likeness (QED) is 0.496. The Morgan fingerprint density at radius 3 is 2.43 bits per heavy atom. The molecule has 7 nitrogen and oxygen atoms in total. The van der Waals surface area contributed by atoms with Gasteiger partial charge in [-0.1, -0.05) is 0 Å². The van der Waals surface area contributed by atoms with Gasteiger partial charge in [-0.15, -0.1) is 0 Å². The molecule has 0 heterocycles. The van der Waals surface area contributed by atoms with Gasteiger partial charge >= 0.3 is 5.97 Å². The molecule has 0 bridgehead atoms. The molecule has 2 aromatic carbocycles. The van der Waals surface area contributed by atoms with E-state index in [1.807, 2.05) is 13.0 Å². The van der Waals surface area contributed by atoms with E-state index in [1.54, 1.807) is 24.3 Å². The Labute approximate surface area is 179 Å². The number of halogens is 2. The lowest BCUT2D eigenvalue weighted by molar-refractivity contribution is -0.135. The highest BCUT2D eigenvalue weighted by Crippen LogP contribution is 2.35. The largest absolute Gasteiger partial charge is 0.487 e. The zero-order chi connectivity index (χ0) is 20.7. The van der Waals surface area contributed by atoms with Gasteiger partial charge in [0.2, 0.25) is 0 Å². The van der Waals surface area contributed by atoms with Gasteiger partial charge in [0.05, 0.1) is 20.6 Å². The molecule has 0 aliphatic carbocycles. The van der Waals surface area contributed by atoms with Crippen LogP contribution < -0.4 is 15.4 Å². The van der Waals surface area contributed by atoms with Crippen LogP contribution in [0, 0.1) is 11.3 Å². The average molecular weight is 511 g/mol. The van der Waals surface area contributed by atoms with Crippen molar-refractivity contribution in [1.82, 2.24) is 5.32 Å². The van der Waals surface area contributed by atoms with Crippen LogP contribution in [0.15, 0.2) is 39.3 Å². The van der Waals surface area contributed by atoms with Crippen molar-refractivity contribution < 1.29 is 19.4 Å². The Bertz CT molecular complexity index is 918. The summed E-state index contributed by atoms with van der Waals surface area (Å²) in [4.78, 5) is 22.6. The minimum atomic E-state index is -1.12. The Balaban J connectivity index is 2.17. The van der Waals surface area contributed by atoms with E-state index in [2.05, 4.69) is 48.6 Å². The highest BCUT2D eigenvalue weighted by molar-refractivity contribution is 9.11. The second kappa shape index (κ2) is 10.1. The first-order valence-corrected chi connectivity index (χ1v) is 9.82. The first-order valence-electron chi connectivity index (χ1n) is 8.23. The van der Waals surface area contributed by atoms with Gasteiger partial charge in [-0.3, -0.25) is 9.59 Å². The van der Waals surface area contributed by atoms with Gasteiger partial charge in [-0.25, -0.2) is 0 Å². The Morgan fingerprint density at radius 1 is 1.18 bits per heavy atom. The molecular formula is C19H17Br2N3O4. The SMILES string of the molecule is CCNc1cc(C#N)cc(COc2c(Br)cc(C(=O)NCC(=O)O)cc2Br)c1. The first kappa shape index (κ1) is 21.7. The average Bonchev–Trinajstić information content (AvgIpc) is 2.65. The molecule has 0 radical (unpaired) electrons. The molecule has 9 heteroatoms. The Hall–Kier alpha value is -2.57. The molecular weight excluding hydrogens is 494 g/mol. The molecule has 2 rings (SSSR count). The summed E-state index contributed by atoms with van der Waals surface area (Å²) in [7, 11) is 0. The summed E-state index contributed by atoms with van der Waals surface area (Å²) in [6, 6.07) is 10.6. The molecule has 2 aromatic rings. The number of ether oxygens (including phenoxy) is 1. The van der Waals surface area contributed by atoms with Crippen molar-refractivity contribution in [1.29, 1.82) is 5.26 Å². The van der Waals surface area contributed by atoms with Crippen LogP contribution in [0.25, 0.3) is 0 Å². The smallest absolute Gasteiger partial charge is 0.322 e. The zero-order valence-electron chi connectivity index (χ0n) is 14.9. The van der Waals surface area contributed by atoms with Gasteiger partial charge in [0.15, 0.2) is 0 Å². The molecule has 0 aliphatic rings. The van der Waals surface area contributed by atoms with E-state index in [4.69, 9.17) is 9.84 Å². The van der Waals surface area contributed by atoms with Crippen molar-refractivity contribution in [3.05, 3.63) is 56.0 Å². The van der Waals surface area contributed by atoms with Crippen LogP contribution in [0.5, 0.6) is 5.75 Å². The van der Waals surface area contributed by atoms with E-state index in [0.29, 0.717) is 20.3 Å². The third-order valence-corrected chi connectivity index (χ3v) is 4.72. The highest BCUT2D eigenvalue weighted by atomic mass is 79.9. The summed E-state index contributed by atoms with van der Waals surface area (Å²) in [6.07, 6.45) is 0. The van der Waals surface area contributed by atoms with E-state index in [-0.39, 0.29) is 12.2 Å². The third-order valence-electron chi connectivity index (χ3n) is 3.55. The lowest BCUT2D eigenvalue weighted by Crippen LogP contribution is -2.29.